The molecular formula is C8H9ClFN3O. The molecule has 0 aliphatic rings. The molecular weight excluding hydrogens is 209 g/mol. The van der Waals surface area contributed by atoms with Gasteiger partial charge in [0, 0.05) is 12.1 Å². The van der Waals surface area contributed by atoms with Crippen LogP contribution in [0.4, 0.5) is 14.9 Å². The predicted octanol–water partition coefficient (Wildman–Crippen LogP) is 1.50. The minimum absolute atomic E-state index is 0.0699. The van der Waals surface area contributed by atoms with E-state index in [1.54, 1.807) is 0 Å². The van der Waals surface area contributed by atoms with Gasteiger partial charge in [0.15, 0.2) is 0 Å². The van der Waals surface area contributed by atoms with Crippen molar-refractivity contribution >= 4 is 23.3 Å². The zero-order chi connectivity index (χ0) is 10.7. The van der Waals surface area contributed by atoms with Crippen LogP contribution in [-0.2, 0) is 0 Å². The summed E-state index contributed by atoms with van der Waals surface area (Å²) in [6, 6.07) is 3.30. The molecule has 0 aliphatic heterocycles. The molecule has 0 saturated heterocycles. The fourth-order valence-electron chi connectivity index (χ4n) is 0.949. The van der Waals surface area contributed by atoms with Crippen LogP contribution in [0.15, 0.2) is 18.2 Å². The molecule has 0 aliphatic carbocycles. The molecule has 0 bridgehead atoms. The Morgan fingerprint density at radius 2 is 2.29 bits per heavy atom. The van der Waals surface area contributed by atoms with Crippen LogP contribution >= 0.6 is 11.6 Å². The second kappa shape index (κ2) is 4.26. The lowest BCUT2D eigenvalue weighted by atomic mass is 10.3. The molecule has 0 unspecified atom stereocenters. The molecule has 0 fully saturated rings. The molecule has 4 nitrogen and oxygen atoms in total. The van der Waals surface area contributed by atoms with Gasteiger partial charge < -0.3 is 0 Å². The third-order valence-electron chi connectivity index (χ3n) is 1.70. The summed E-state index contributed by atoms with van der Waals surface area (Å²) < 4.78 is 13.2. The number of carbonyl (C=O) groups is 1. The van der Waals surface area contributed by atoms with Crippen molar-refractivity contribution in [2.45, 2.75) is 0 Å². The van der Waals surface area contributed by atoms with Gasteiger partial charge in [0.2, 0.25) is 0 Å². The van der Waals surface area contributed by atoms with E-state index in [4.69, 9.17) is 17.4 Å². The first-order chi connectivity index (χ1) is 6.56. The molecule has 0 aromatic heterocycles. The van der Waals surface area contributed by atoms with Gasteiger partial charge in [-0.15, -0.1) is 0 Å². The van der Waals surface area contributed by atoms with E-state index in [1.807, 2.05) is 5.43 Å². The minimum Gasteiger partial charge on any atom is -0.293 e. The van der Waals surface area contributed by atoms with Crippen molar-refractivity contribution in [3.63, 3.8) is 0 Å². The molecule has 1 rings (SSSR count). The number of halogens is 2. The number of nitrogens with one attached hydrogen (secondary N) is 1. The highest BCUT2D eigenvalue weighted by molar-refractivity contribution is 6.30. The molecule has 0 atom stereocenters. The Balaban J connectivity index is 3.05. The third kappa shape index (κ3) is 2.12. The number of urea groups is 1. The Morgan fingerprint density at radius 3 is 2.86 bits per heavy atom. The summed E-state index contributed by atoms with van der Waals surface area (Å²) in [6.45, 7) is 0. The largest absolute Gasteiger partial charge is 0.335 e. The molecule has 76 valence electrons. The SMILES string of the molecule is CN(C(=O)NN)c1cc(Cl)ccc1F. The van der Waals surface area contributed by atoms with Gasteiger partial charge in [-0.05, 0) is 18.2 Å². The number of hydrogen-bond donors (Lipinski definition) is 2. The number of nitrogens with two attached hydrogens (primary N) is 1. The van der Waals surface area contributed by atoms with Gasteiger partial charge in [-0.1, -0.05) is 11.6 Å². The minimum atomic E-state index is -0.619. The maximum absolute atomic E-state index is 13.2. The van der Waals surface area contributed by atoms with Crippen molar-refractivity contribution in [3.8, 4) is 0 Å². The molecule has 0 heterocycles. The van der Waals surface area contributed by atoms with Crippen molar-refractivity contribution in [2.75, 3.05) is 11.9 Å². The van der Waals surface area contributed by atoms with Crippen LogP contribution in [-0.4, -0.2) is 13.1 Å². The zero-order valence-corrected chi connectivity index (χ0v) is 8.18. The lowest BCUT2D eigenvalue weighted by molar-refractivity contribution is 0.247. The van der Waals surface area contributed by atoms with E-state index in [0.29, 0.717) is 5.02 Å². The van der Waals surface area contributed by atoms with E-state index < -0.39 is 11.8 Å². The summed E-state index contributed by atoms with van der Waals surface area (Å²) >= 11 is 5.65. The molecule has 3 N–H and O–H groups in total. The average molecular weight is 218 g/mol. The number of carbonyl (C=O) groups excluding carboxylic acids is 1. The molecule has 14 heavy (non-hydrogen) atoms. The van der Waals surface area contributed by atoms with Crippen molar-refractivity contribution in [1.82, 2.24) is 5.43 Å². The van der Waals surface area contributed by atoms with Crippen molar-refractivity contribution in [1.29, 1.82) is 0 Å². The van der Waals surface area contributed by atoms with Gasteiger partial charge in [-0.25, -0.2) is 15.0 Å². The highest BCUT2D eigenvalue weighted by Crippen LogP contribution is 2.22. The van der Waals surface area contributed by atoms with Gasteiger partial charge in [0.25, 0.3) is 0 Å². The predicted molar refractivity (Wildman–Crippen MR) is 52.5 cm³/mol. The maximum Gasteiger partial charge on any atom is 0.335 e. The lowest BCUT2D eigenvalue weighted by Crippen LogP contribution is -2.41. The van der Waals surface area contributed by atoms with Crippen molar-refractivity contribution < 1.29 is 9.18 Å². The molecule has 0 spiro atoms. The highest BCUT2D eigenvalue weighted by atomic mass is 35.5. The summed E-state index contributed by atoms with van der Waals surface area (Å²) in [6.07, 6.45) is 0. The lowest BCUT2D eigenvalue weighted by Gasteiger charge is -2.16. The maximum atomic E-state index is 13.2. The second-order valence-electron chi connectivity index (χ2n) is 2.60. The second-order valence-corrected chi connectivity index (χ2v) is 3.04. The van der Waals surface area contributed by atoms with Gasteiger partial charge in [-0.2, -0.15) is 0 Å². The highest BCUT2D eigenvalue weighted by Gasteiger charge is 2.13. The number of rotatable bonds is 1. The molecule has 0 saturated carbocycles. The fourth-order valence-corrected chi connectivity index (χ4v) is 1.12. The van der Waals surface area contributed by atoms with Crippen molar-refractivity contribution in [3.05, 3.63) is 29.0 Å². The van der Waals surface area contributed by atoms with E-state index in [1.165, 1.54) is 25.2 Å². The van der Waals surface area contributed by atoms with Crippen LogP contribution in [0.5, 0.6) is 0 Å². The van der Waals surface area contributed by atoms with E-state index >= 15 is 0 Å². The number of hydrazine groups is 1. The van der Waals surface area contributed by atoms with Crippen LogP contribution in [0.25, 0.3) is 0 Å². The monoisotopic (exact) mass is 217 g/mol. The summed E-state index contributed by atoms with van der Waals surface area (Å²) in [5.41, 5.74) is 1.96. The Hall–Kier alpha value is -1.33. The third-order valence-corrected chi connectivity index (χ3v) is 1.93. The topological polar surface area (TPSA) is 58.4 Å². The Kier molecular flexibility index (Phi) is 3.27. The number of hydrogen-bond acceptors (Lipinski definition) is 2. The molecule has 2 amide bonds. The smallest absolute Gasteiger partial charge is 0.293 e. The first-order valence-electron chi connectivity index (χ1n) is 3.75. The fraction of sp³-hybridized carbons (Fsp3) is 0.125. The normalized spacial score (nSPS) is 9.71. The zero-order valence-electron chi connectivity index (χ0n) is 7.42. The van der Waals surface area contributed by atoms with Crippen molar-refractivity contribution in [2.24, 2.45) is 5.84 Å². The molecule has 1 aromatic rings. The van der Waals surface area contributed by atoms with Crippen LogP contribution < -0.4 is 16.2 Å². The molecule has 0 radical (unpaired) electrons. The standard InChI is InChI=1S/C8H9ClFN3O/c1-13(8(14)12-11)7-4-5(9)2-3-6(7)10/h2-4H,11H2,1H3,(H,12,14). The average Bonchev–Trinajstić information content (AvgIpc) is 2.19. The van der Waals surface area contributed by atoms with E-state index in [-0.39, 0.29) is 5.69 Å². The van der Waals surface area contributed by atoms with E-state index in [0.717, 1.165) is 4.90 Å². The van der Waals surface area contributed by atoms with Crippen LogP contribution in [0.1, 0.15) is 0 Å². The Bertz CT molecular complexity index is 358. The van der Waals surface area contributed by atoms with Crippen LogP contribution in [0, 0.1) is 5.82 Å². The Morgan fingerprint density at radius 1 is 1.64 bits per heavy atom. The van der Waals surface area contributed by atoms with Crippen LogP contribution in [0.2, 0.25) is 5.02 Å². The Labute approximate surface area is 85.4 Å². The van der Waals surface area contributed by atoms with Crippen LogP contribution in [0.3, 0.4) is 0 Å². The molecule has 1 aromatic carbocycles. The summed E-state index contributed by atoms with van der Waals surface area (Å²) in [7, 11) is 1.39. The summed E-state index contributed by atoms with van der Waals surface area (Å²) in [5.74, 6) is 4.36. The first kappa shape index (κ1) is 10.7. The van der Waals surface area contributed by atoms with Gasteiger partial charge >= 0.3 is 6.03 Å². The van der Waals surface area contributed by atoms with Gasteiger partial charge in [0.05, 0.1) is 5.69 Å². The van der Waals surface area contributed by atoms with Gasteiger partial charge in [-0.3, -0.25) is 10.3 Å². The van der Waals surface area contributed by atoms with E-state index in [9.17, 15) is 9.18 Å². The van der Waals surface area contributed by atoms with Gasteiger partial charge in [0.1, 0.15) is 5.82 Å². The van der Waals surface area contributed by atoms with E-state index in [2.05, 4.69) is 0 Å². The summed E-state index contributed by atoms with van der Waals surface area (Å²) in [4.78, 5) is 12.1. The summed E-state index contributed by atoms with van der Waals surface area (Å²) in [5, 5.41) is 0.345. The molecule has 6 heteroatoms. The number of nitrogens with zero attached hydrogens (tertiary/aromatic N) is 1. The number of anilines is 1. The number of amides is 2. The first-order valence-corrected chi connectivity index (χ1v) is 4.13. The quantitative estimate of drug-likeness (QED) is 0.426. The number of benzene rings is 1.